The number of carboxylic acid groups (broad SMARTS) is 2. The van der Waals surface area contributed by atoms with E-state index in [4.69, 9.17) is 5.73 Å². The van der Waals surface area contributed by atoms with E-state index in [0.29, 0.717) is 25.8 Å². The molecule has 11 N–H and O–H groups in total. The molecular formula is C36H49N9O11. The van der Waals surface area contributed by atoms with Gasteiger partial charge in [-0.15, -0.1) is 0 Å². The van der Waals surface area contributed by atoms with Crippen LogP contribution in [0.25, 0.3) is 10.9 Å². The third-order valence-electron chi connectivity index (χ3n) is 9.63. The number of aromatic nitrogens is 1. The number of fused-ring (bicyclic) bond motifs is 4. The number of amides is 7. The van der Waals surface area contributed by atoms with Crippen LogP contribution < -0.4 is 37.6 Å². The summed E-state index contributed by atoms with van der Waals surface area (Å²) in [4.78, 5) is 119. The predicted molar refractivity (Wildman–Crippen MR) is 197 cm³/mol. The lowest BCUT2D eigenvalue weighted by atomic mass is 9.92. The van der Waals surface area contributed by atoms with Crippen molar-refractivity contribution in [3.05, 3.63) is 35.5 Å². The fourth-order valence-electron chi connectivity index (χ4n) is 6.64. The number of aromatic amines is 1. The summed E-state index contributed by atoms with van der Waals surface area (Å²) in [6.45, 7) is 4.11. The van der Waals surface area contributed by atoms with Crippen molar-refractivity contribution in [3.8, 4) is 0 Å². The van der Waals surface area contributed by atoms with Crippen LogP contribution in [-0.2, 0) is 56.1 Å². The maximum Gasteiger partial charge on any atom is 0.326 e. The van der Waals surface area contributed by atoms with Crippen LogP contribution in [0.1, 0.15) is 64.1 Å². The molecule has 1 aromatic carbocycles. The number of hydrogen-bond donors (Lipinski definition) is 10. The number of piperazine rings is 1. The lowest BCUT2D eigenvalue weighted by molar-refractivity contribution is -0.151. The largest absolute Gasteiger partial charge is 0.481 e. The van der Waals surface area contributed by atoms with E-state index in [1.54, 1.807) is 0 Å². The molecule has 0 spiro atoms. The van der Waals surface area contributed by atoms with Gasteiger partial charge in [-0.2, -0.15) is 0 Å². The summed E-state index contributed by atoms with van der Waals surface area (Å²) >= 11 is 0. The quantitative estimate of drug-likeness (QED) is 0.0675. The number of aliphatic carboxylic acids is 2. The Morgan fingerprint density at radius 3 is 2.23 bits per heavy atom. The Morgan fingerprint density at radius 1 is 0.893 bits per heavy atom. The summed E-state index contributed by atoms with van der Waals surface area (Å²) < 4.78 is 0. The van der Waals surface area contributed by atoms with Gasteiger partial charge in [0.25, 0.3) is 0 Å². The highest BCUT2D eigenvalue weighted by molar-refractivity contribution is 6.01. The molecule has 20 heteroatoms. The van der Waals surface area contributed by atoms with E-state index in [1.165, 1.54) is 25.7 Å². The van der Waals surface area contributed by atoms with E-state index >= 15 is 0 Å². The Bertz CT molecular complexity index is 1860. The SMILES string of the molecule is CC(C)[C@H](NC(=O)[C@H](CC(=O)O)NC(=O)CNC(=O)[C@H](C)NC(=O)[C@H](CCCCN)NC(=O)CC1NC(=O)[C@@H]2Cc3c([nH]c4ccccc34)CN2C1=O)C(=O)O. The number of carbonyl (C=O) groups excluding carboxylic acids is 7. The third-order valence-corrected chi connectivity index (χ3v) is 9.63. The fraction of sp³-hybridized carbons (Fsp3) is 0.528. The van der Waals surface area contributed by atoms with E-state index in [0.717, 1.165) is 22.2 Å². The van der Waals surface area contributed by atoms with Crippen LogP contribution in [0.4, 0.5) is 0 Å². The Labute approximate surface area is 321 Å². The van der Waals surface area contributed by atoms with Gasteiger partial charge in [0.15, 0.2) is 0 Å². The second-order valence-electron chi connectivity index (χ2n) is 14.2. The van der Waals surface area contributed by atoms with Gasteiger partial charge in [-0.05, 0) is 50.3 Å². The Hall–Kier alpha value is -6.05. The van der Waals surface area contributed by atoms with Gasteiger partial charge in [0.2, 0.25) is 41.4 Å². The summed E-state index contributed by atoms with van der Waals surface area (Å²) in [5.41, 5.74) is 8.27. The smallest absolute Gasteiger partial charge is 0.326 e. The molecule has 304 valence electrons. The minimum absolute atomic E-state index is 0.125. The van der Waals surface area contributed by atoms with E-state index in [9.17, 15) is 53.4 Å². The number of carbonyl (C=O) groups is 9. The number of para-hydroxylation sites is 1. The Balaban J connectivity index is 1.31. The second-order valence-corrected chi connectivity index (χ2v) is 14.2. The molecule has 6 atom stereocenters. The van der Waals surface area contributed by atoms with Crippen LogP contribution in [0.15, 0.2) is 24.3 Å². The van der Waals surface area contributed by atoms with Crippen molar-refractivity contribution >= 4 is 64.2 Å². The highest BCUT2D eigenvalue weighted by Crippen LogP contribution is 2.32. The molecule has 0 aliphatic carbocycles. The minimum Gasteiger partial charge on any atom is -0.481 e. The van der Waals surface area contributed by atoms with E-state index in [2.05, 4.69) is 36.9 Å². The molecule has 7 amide bonds. The highest BCUT2D eigenvalue weighted by Gasteiger charge is 2.44. The van der Waals surface area contributed by atoms with Gasteiger partial charge in [0.05, 0.1) is 25.9 Å². The first-order valence-corrected chi connectivity index (χ1v) is 18.3. The standard InChI is InChI=1S/C36H49N9O11/c1-17(2)30(36(55)56)44-33(52)23(14-29(48)49)42-28(47)15-38-31(50)18(3)39-32(51)22(10-6-7-11-37)41-27(46)13-24-35(54)45-16-25-20(12-26(45)34(53)43-24)19-8-4-5-9-21(19)40-25/h4-5,8-9,17-18,22-24,26,30,40H,6-7,10-16,37H2,1-3H3,(H,38,50)(H,39,51)(H,41,46)(H,42,47)(H,43,53)(H,44,52)(H,48,49)(H,55,56)/t18-,22-,23-,24?,26-,30-/m0/s1. The maximum absolute atomic E-state index is 13.5. The van der Waals surface area contributed by atoms with Crippen molar-refractivity contribution in [1.82, 2.24) is 41.8 Å². The molecule has 3 heterocycles. The number of nitrogens with two attached hydrogens (primary N) is 1. The molecule has 1 saturated heterocycles. The van der Waals surface area contributed by atoms with Crippen molar-refractivity contribution in [2.75, 3.05) is 13.1 Å². The molecule has 1 unspecified atom stereocenters. The lowest BCUT2D eigenvalue weighted by Gasteiger charge is -2.41. The number of H-pyrrole nitrogens is 1. The van der Waals surface area contributed by atoms with Crippen molar-refractivity contribution in [2.24, 2.45) is 11.7 Å². The van der Waals surface area contributed by atoms with Gasteiger partial charge < -0.3 is 57.7 Å². The van der Waals surface area contributed by atoms with Crippen LogP contribution in [0, 0.1) is 5.92 Å². The van der Waals surface area contributed by atoms with Crippen molar-refractivity contribution < 1.29 is 53.4 Å². The normalized spacial score (nSPS) is 18.3. The topological polar surface area (TPSA) is 311 Å². The lowest BCUT2D eigenvalue weighted by Crippen LogP contribution is -2.65. The third kappa shape index (κ3) is 10.8. The zero-order chi connectivity index (χ0) is 41.3. The number of nitrogens with one attached hydrogen (secondary N) is 7. The zero-order valence-corrected chi connectivity index (χ0v) is 31.3. The highest BCUT2D eigenvalue weighted by atomic mass is 16.4. The van der Waals surface area contributed by atoms with Crippen LogP contribution in [0.2, 0.25) is 0 Å². The molecule has 1 aromatic heterocycles. The molecule has 0 saturated carbocycles. The molecule has 2 aliphatic heterocycles. The summed E-state index contributed by atoms with van der Waals surface area (Å²) in [7, 11) is 0. The zero-order valence-electron chi connectivity index (χ0n) is 31.3. The molecule has 4 rings (SSSR count). The number of unbranched alkanes of at least 4 members (excludes halogenated alkanes) is 1. The fourth-order valence-corrected chi connectivity index (χ4v) is 6.64. The number of nitrogens with zero attached hydrogens (tertiary/aromatic N) is 1. The molecular weight excluding hydrogens is 734 g/mol. The first-order chi connectivity index (χ1) is 26.5. The summed E-state index contributed by atoms with van der Waals surface area (Å²) in [5, 5.41) is 33.9. The van der Waals surface area contributed by atoms with E-state index < -0.39 is 115 Å². The molecule has 1 fully saturated rings. The predicted octanol–water partition coefficient (Wildman–Crippen LogP) is -2.27. The Morgan fingerprint density at radius 2 is 1.57 bits per heavy atom. The average Bonchev–Trinajstić information content (AvgIpc) is 3.50. The summed E-state index contributed by atoms with van der Waals surface area (Å²) in [6, 6.07) is 0.316. The molecule has 0 radical (unpaired) electrons. The molecule has 0 bridgehead atoms. The first-order valence-electron chi connectivity index (χ1n) is 18.3. The van der Waals surface area contributed by atoms with Crippen LogP contribution >= 0.6 is 0 Å². The van der Waals surface area contributed by atoms with Crippen LogP contribution in [0.3, 0.4) is 0 Å². The first kappa shape index (κ1) is 42.7. The number of benzene rings is 1. The van der Waals surface area contributed by atoms with Crippen molar-refractivity contribution in [3.63, 3.8) is 0 Å². The van der Waals surface area contributed by atoms with E-state index in [-0.39, 0.29) is 13.0 Å². The second kappa shape index (κ2) is 19.0. The summed E-state index contributed by atoms with van der Waals surface area (Å²) in [6.07, 6.45) is 0.0574. The number of hydrogen-bond acceptors (Lipinski definition) is 10. The maximum atomic E-state index is 13.5. The van der Waals surface area contributed by atoms with Gasteiger partial charge >= 0.3 is 11.9 Å². The van der Waals surface area contributed by atoms with Gasteiger partial charge in [0.1, 0.15) is 36.3 Å². The van der Waals surface area contributed by atoms with Gasteiger partial charge in [-0.1, -0.05) is 32.0 Å². The van der Waals surface area contributed by atoms with Crippen molar-refractivity contribution in [1.29, 1.82) is 0 Å². The van der Waals surface area contributed by atoms with E-state index in [1.807, 2.05) is 24.3 Å². The van der Waals surface area contributed by atoms with Crippen LogP contribution in [-0.4, -0.2) is 123 Å². The minimum atomic E-state index is -1.65. The van der Waals surface area contributed by atoms with Gasteiger partial charge in [0, 0.05) is 23.0 Å². The Kier molecular flexibility index (Phi) is 14.5. The molecule has 20 nitrogen and oxygen atoms in total. The molecule has 2 aliphatic rings. The monoisotopic (exact) mass is 783 g/mol. The number of carboxylic acids is 2. The number of rotatable bonds is 19. The molecule has 2 aromatic rings. The van der Waals surface area contributed by atoms with Crippen molar-refractivity contribution in [2.45, 2.75) is 102 Å². The summed E-state index contributed by atoms with van der Waals surface area (Å²) in [5.74, 6) is -8.51. The van der Waals surface area contributed by atoms with Gasteiger partial charge in [-0.3, -0.25) is 38.4 Å². The van der Waals surface area contributed by atoms with Crippen LogP contribution in [0.5, 0.6) is 0 Å². The molecule has 56 heavy (non-hydrogen) atoms. The van der Waals surface area contributed by atoms with Gasteiger partial charge in [-0.25, -0.2) is 4.79 Å². The average molecular weight is 784 g/mol.